The second-order valence-corrected chi connectivity index (χ2v) is 5.61. The topological polar surface area (TPSA) is 37.2 Å². The van der Waals surface area contributed by atoms with Crippen LogP contribution in [0.5, 0.6) is 0 Å². The van der Waals surface area contributed by atoms with Gasteiger partial charge in [-0.25, -0.2) is 0 Å². The van der Waals surface area contributed by atoms with E-state index >= 15 is 0 Å². The predicted octanol–water partition coefficient (Wildman–Crippen LogP) is 2.54. The van der Waals surface area contributed by atoms with Gasteiger partial charge in [-0.2, -0.15) is 0 Å². The molecule has 1 aromatic heterocycles. The van der Waals surface area contributed by atoms with Crippen molar-refractivity contribution in [2.24, 2.45) is 5.41 Å². The van der Waals surface area contributed by atoms with Gasteiger partial charge in [0.1, 0.15) is 0 Å². The SMILES string of the molecule is CCn1cccc1CNCC1(CO)CCCCC1. The Kier molecular flexibility index (Phi) is 4.84. The molecule has 0 amide bonds. The molecule has 0 radical (unpaired) electrons. The lowest BCUT2D eigenvalue weighted by atomic mass is 9.74. The average Bonchev–Trinajstić information content (AvgIpc) is 2.87. The largest absolute Gasteiger partial charge is 0.396 e. The van der Waals surface area contributed by atoms with Gasteiger partial charge in [-0.05, 0) is 31.9 Å². The van der Waals surface area contributed by atoms with E-state index < -0.39 is 0 Å². The van der Waals surface area contributed by atoms with Crippen LogP contribution in [-0.4, -0.2) is 22.8 Å². The van der Waals surface area contributed by atoms with E-state index in [1.54, 1.807) is 0 Å². The van der Waals surface area contributed by atoms with Crippen LogP contribution in [0.4, 0.5) is 0 Å². The first-order chi connectivity index (χ1) is 8.79. The maximum atomic E-state index is 9.65. The van der Waals surface area contributed by atoms with Gasteiger partial charge in [-0.3, -0.25) is 0 Å². The number of aryl methyl sites for hydroxylation is 1. The predicted molar refractivity (Wildman–Crippen MR) is 74.4 cm³/mol. The monoisotopic (exact) mass is 250 g/mol. The van der Waals surface area contributed by atoms with Crippen LogP contribution in [0.3, 0.4) is 0 Å². The van der Waals surface area contributed by atoms with Crippen molar-refractivity contribution in [3.63, 3.8) is 0 Å². The van der Waals surface area contributed by atoms with Gasteiger partial charge in [0, 0.05) is 43.5 Å². The molecule has 1 fully saturated rings. The van der Waals surface area contributed by atoms with Crippen LogP contribution in [0.2, 0.25) is 0 Å². The molecule has 1 aliphatic carbocycles. The summed E-state index contributed by atoms with van der Waals surface area (Å²) in [6.45, 7) is 5.37. The highest BCUT2D eigenvalue weighted by Crippen LogP contribution is 2.35. The van der Waals surface area contributed by atoms with Crippen molar-refractivity contribution in [2.45, 2.75) is 52.1 Å². The van der Waals surface area contributed by atoms with Crippen molar-refractivity contribution in [3.05, 3.63) is 24.0 Å². The molecule has 3 nitrogen and oxygen atoms in total. The Morgan fingerprint density at radius 2 is 2.11 bits per heavy atom. The minimum atomic E-state index is 0.141. The maximum absolute atomic E-state index is 9.65. The van der Waals surface area contributed by atoms with Crippen molar-refractivity contribution < 1.29 is 5.11 Å². The van der Waals surface area contributed by atoms with Crippen molar-refractivity contribution >= 4 is 0 Å². The van der Waals surface area contributed by atoms with Crippen LogP contribution in [0.25, 0.3) is 0 Å². The first-order valence-corrected chi connectivity index (χ1v) is 7.25. The Labute approximate surface area is 110 Å². The normalized spacial score (nSPS) is 19.0. The van der Waals surface area contributed by atoms with Crippen LogP contribution in [0.1, 0.15) is 44.7 Å². The summed E-state index contributed by atoms with van der Waals surface area (Å²) < 4.78 is 2.26. The molecule has 18 heavy (non-hydrogen) atoms. The summed E-state index contributed by atoms with van der Waals surface area (Å²) in [5, 5.41) is 13.2. The number of hydrogen-bond donors (Lipinski definition) is 2. The van der Waals surface area contributed by atoms with Crippen LogP contribution >= 0.6 is 0 Å². The summed E-state index contributed by atoms with van der Waals surface area (Å²) in [7, 11) is 0. The highest BCUT2D eigenvalue weighted by atomic mass is 16.3. The summed E-state index contributed by atoms with van der Waals surface area (Å²) in [5.74, 6) is 0. The van der Waals surface area contributed by atoms with Crippen LogP contribution in [0, 0.1) is 5.41 Å². The van der Waals surface area contributed by atoms with E-state index in [0.717, 1.165) is 19.6 Å². The van der Waals surface area contributed by atoms with Gasteiger partial charge in [-0.15, -0.1) is 0 Å². The van der Waals surface area contributed by atoms with E-state index in [4.69, 9.17) is 0 Å². The van der Waals surface area contributed by atoms with E-state index in [0.29, 0.717) is 6.61 Å². The molecule has 1 aromatic rings. The molecule has 3 heteroatoms. The lowest BCUT2D eigenvalue weighted by Gasteiger charge is -2.35. The molecule has 1 saturated carbocycles. The molecule has 1 aliphatic rings. The zero-order chi connectivity index (χ0) is 12.8. The van der Waals surface area contributed by atoms with Crippen molar-refractivity contribution in [1.82, 2.24) is 9.88 Å². The van der Waals surface area contributed by atoms with E-state index in [9.17, 15) is 5.11 Å². The summed E-state index contributed by atoms with van der Waals surface area (Å²) in [5.41, 5.74) is 1.48. The fraction of sp³-hybridized carbons (Fsp3) is 0.733. The lowest BCUT2D eigenvalue weighted by Crippen LogP contribution is -2.39. The molecule has 0 spiro atoms. The second-order valence-electron chi connectivity index (χ2n) is 5.61. The number of nitrogens with one attached hydrogen (secondary N) is 1. The van der Waals surface area contributed by atoms with Crippen molar-refractivity contribution in [1.29, 1.82) is 0 Å². The van der Waals surface area contributed by atoms with Crippen LogP contribution < -0.4 is 5.32 Å². The molecule has 102 valence electrons. The van der Waals surface area contributed by atoms with Gasteiger partial charge in [0.05, 0.1) is 0 Å². The number of aromatic nitrogens is 1. The van der Waals surface area contributed by atoms with Crippen molar-refractivity contribution in [2.75, 3.05) is 13.2 Å². The maximum Gasteiger partial charge on any atom is 0.0499 e. The molecular weight excluding hydrogens is 224 g/mol. The molecule has 2 rings (SSSR count). The quantitative estimate of drug-likeness (QED) is 0.814. The smallest absolute Gasteiger partial charge is 0.0499 e. The first kappa shape index (κ1) is 13.6. The van der Waals surface area contributed by atoms with Gasteiger partial charge >= 0.3 is 0 Å². The molecule has 1 heterocycles. The minimum absolute atomic E-state index is 0.141. The van der Waals surface area contributed by atoms with E-state index in [1.807, 2.05) is 0 Å². The van der Waals surface area contributed by atoms with Gasteiger partial charge in [0.15, 0.2) is 0 Å². The Morgan fingerprint density at radius 1 is 1.33 bits per heavy atom. The number of rotatable bonds is 6. The van der Waals surface area contributed by atoms with Gasteiger partial charge in [0.2, 0.25) is 0 Å². The number of nitrogens with zero attached hydrogens (tertiary/aromatic N) is 1. The number of hydrogen-bond acceptors (Lipinski definition) is 2. The third-order valence-corrected chi connectivity index (χ3v) is 4.32. The Balaban J connectivity index is 1.83. The van der Waals surface area contributed by atoms with Crippen molar-refractivity contribution in [3.8, 4) is 0 Å². The number of aliphatic hydroxyl groups is 1. The summed E-state index contributed by atoms with van der Waals surface area (Å²) in [4.78, 5) is 0. The van der Waals surface area contributed by atoms with Gasteiger partial charge in [0.25, 0.3) is 0 Å². The Hall–Kier alpha value is -0.800. The highest BCUT2D eigenvalue weighted by molar-refractivity contribution is 5.06. The van der Waals surface area contributed by atoms with Crippen LogP contribution in [-0.2, 0) is 13.1 Å². The molecule has 2 N–H and O–H groups in total. The third kappa shape index (κ3) is 3.15. The molecule has 0 aromatic carbocycles. The van der Waals surface area contributed by atoms with Crippen LogP contribution in [0.15, 0.2) is 18.3 Å². The fourth-order valence-electron chi connectivity index (χ4n) is 3.07. The van der Waals surface area contributed by atoms with E-state index in [1.165, 1.54) is 37.8 Å². The molecule has 0 unspecified atom stereocenters. The zero-order valence-corrected chi connectivity index (χ0v) is 11.5. The van der Waals surface area contributed by atoms with Gasteiger partial charge < -0.3 is 15.0 Å². The standard InChI is InChI=1S/C15H26N2O/c1-2-17-10-6-7-14(17)11-16-12-15(13-18)8-4-3-5-9-15/h6-7,10,16,18H,2-5,8-9,11-13H2,1H3. The first-order valence-electron chi connectivity index (χ1n) is 7.25. The Bertz CT molecular complexity index is 353. The summed E-state index contributed by atoms with van der Waals surface area (Å²) >= 11 is 0. The summed E-state index contributed by atoms with van der Waals surface area (Å²) in [6.07, 6.45) is 8.34. The Morgan fingerprint density at radius 3 is 2.78 bits per heavy atom. The molecule has 0 bridgehead atoms. The summed E-state index contributed by atoms with van der Waals surface area (Å²) in [6, 6.07) is 4.27. The highest BCUT2D eigenvalue weighted by Gasteiger charge is 2.30. The molecule has 0 aliphatic heterocycles. The second kappa shape index (κ2) is 6.39. The fourth-order valence-corrected chi connectivity index (χ4v) is 3.07. The molecule has 0 saturated heterocycles. The average molecular weight is 250 g/mol. The molecule has 0 atom stereocenters. The van der Waals surface area contributed by atoms with E-state index in [2.05, 4.69) is 35.1 Å². The molecular formula is C15H26N2O. The zero-order valence-electron chi connectivity index (χ0n) is 11.5. The van der Waals surface area contributed by atoms with E-state index in [-0.39, 0.29) is 5.41 Å². The number of aliphatic hydroxyl groups excluding tert-OH is 1. The van der Waals surface area contributed by atoms with Gasteiger partial charge in [-0.1, -0.05) is 19.3 Å². The lowest BCUT2D eigenvalue weighted by molar-refractivity contribution is 0.0809. The minimum Gasteiger partial charge on any atom is -0.396 e. The third-order valence-electron chi connectivity index (χ3n) is 4.32.